The van der Waals surface area contributed by atoms with Crippen molar-refractivity contribution in [2.24, 2.45) is 0 Å². The first-order chi connectivity index (χ1) is 13.1. The van der Waals surface area contributed by atoms with E-state index in [1.54, 1.807) is 55.6 Å². The van der Waals surface area contributed by atoms with Crippen molar-refractivity contribution in [1.82, 2.24) is 15.4 Å². The van der Waals surface area contributed by atoms with E-state index in [2.05, 4.69) is 20.8 Å². The van der Waals surface area contributed by atoms with Crippen molar-refractivity contribution in [3.63, 3.8) is 0 Å². The first kappa shape index (κ1) is 18.3. The van der Waals surface area contributed by atoms with Gasteiger partial charge >= 0.3 is 0 Å². The van der Waals surface area contributed by atoms with Gasteiger partial charge in [-0.15, -0.1) is 0 Å². The molecule has 3 aromatic rings. The molecular formula is C18H16ClN5O3. The number of carbonyl (C=O) groups is 1. The predicted molar refractivity (Wildman–Crippen MR) is 102 cm³/mol. The average Bonchev–Trinajstić information content (AvgIpc) is 2.69. The third kappa shape index (κ3) is 4.36. The highest BCUT2D eigenvalue weighted by Gasteiger charge is 2.13. The summed E-state index contributed by atoms with van der Waals surface area (Å²) >= 11 is 6.00. The molecule has 0 saturated heterocycles. The maximum absolute atomic E-state index is 12.2. The average molecular weight is 386 g/mol. The molecule has 138 valence electrons. The summed E-state index contributed by atoms with van der Waals surface area (Å²) in [5, 5.41) is 0.330. The van der Waals surface area contributed by atoms with Crippen LogP contribution < -0.4 is 26.1 Å². The number of nitrogens with two attached hydrogens (primary N) is 1. The topological polar surface area (TPSA) is 111 Å². The van der Waals surface area contributed by atoms with Crippen molar-refractivity contribution >= 4 is 29.0 Å². The summed E-state index contributed by atoms with van der Waals surface area (Å²) in [5.41, 5.74) is 11.6. The maximum Gasteiger partial charge on any atom is 0.271 e. The molecular weight excluding hydrogens is 370 g/mol. The molecule has 0 aliphatic carbocycles. The Morgan fingerprint density at radius 3 is 2.48 bits per heavy atom. The lowest BCUT2D eigenvalue weighted by Crippen LogP contribution is -2.30. The Bertz CT molecular complexity index is 950. The molecule has 0 fully saturated rings. The van der Waals surface area contributed by atoms with Gasteiger partial charge in [0, 0.05) is 0 Å². The third-order valence-electron chi connectivity index (χ3n) is 3.53. The van der Waals surface area contributed by atoms with Crippen LogP contribution in [0.25, 0.3) is 0 Å². The summed E-state index contributed by atoms with van der Waals surface area (Å²) in [6, 6.07) is 13.6. The lowest BCUT2D eigenvalue weighted by molar-refractivity contribution is 0.0962. The zero-order chi connectivity index (χ0) is 19.2. The van der Waals surface area contributed by atoms with Crippen LogP contribution in [0.15, 0.2) is 54.9 Å². The fourth-order valence-corrected chi connectivity index (χ4v) is 2.37. The lowest BCUT2D eigenvalue weighted by atomic mass is 10.2. The minimum absolute atomic E-state index is 0.132. The molecule has 8 nitrogen and oxygen atoms in total. The van der Waals surface area contributed by atoms with E-state index in [0.717, 1.165) is 0 Å². The number of hydrogen-bond donors (Lipinski definition) is 3. The number of methoxy groups -OCH3 is 1. The van der Waals surface area contributed by atoms with Gasteiger partial charge in [-0.3, -0.25) is 15.6 Å². The molecule has 1 heterocycles. The Morgan fingerprint density at radius 2 is 1.78 bits per heavy atom. The molecule has 1 aromatic heterocycles. The first-order valence-corrected chi connectivity index (χ1v) is 8.19. The summed E-state index contributed by atoms with van der Waals surface area (Å²) in [5.74, 6) is 1.12. The molecule has 3 rings (SSSR count). The number of amides is 1. The molecule has 0 aliphatic rings. The van der Waals surface area contributed by atoms with Gasteiger partial charge in [-0.25, -0.2) is 4.98 Å². The highest BCUT2D eigenvalue weighted by atomic mass is 35.5. The Kier molecular flexibility index (Phi) is 5.58. The van der Waals surface area contributed by atoms with Crippen LogP contribution in [0.2, 0.25) is 5.02 Å². The number of nitrogens with zero attached hydrogens (tertiary/aromatic N) is 2. The molecule has 0 aliphatic heterocycles. The molecule has 27 heavy (non-hydrogen) atoms. The minimum atomic E-state index is -0.434. The highest BCUT2D eigenvalue weighted by Crippen LogP contribution is 2.29. The number of aromatic nitrogens is 2. The van der Waals surface area contributed by atoms with Gasteiger partial charge in [0.25, 0.3) is 5.91 Å². The number of nitrogens with one attached hydrogen (secondary N) is 2. The Labute approximate surface area is 160 Å². The van der Waals surface area contributed by atoms with Gasteiger partial charge in [-0.1, -0.05) is 23.7 Å². The third-order valence-corrected chi connectivity index (χ3v) is 3.86. The van der Waals surface area contributed by atoms with Crippen LogP contribution >= 0.6 is 11.6 Å². The number of anilines is 2. The summed E-state index contributed by atoms with van der Waals surface area (Å²) in [6.45, 7) is 0. The number of nitrogen functional groups attached to an aromatic ring is 1. The quantitative estimate of drug-likeness (QED) is 0.558. The molecule has 0 radical (unpaired) electrons. The molecule has 0 saturated carbocycles. The van der Waals surface area contributed by atoms with E-state index in [1.165, 1.54) is 6.33 Å². The molecule has 0 unspecified atom stereocenters. The smallest absolute Gasteiger partial charge is 0.271 e. The SMILES string of the molecule is COc1ccc(Oc2ncnc(NNC(=O)c3ccccc3Cl)c2N)cc1. The van der Waals surface area contributed by atoms with Crippen LogP contribution in [0.3, 0.4) is 0 Å². The number of carbonyl (C=O) groups excluding carboxylic acids is 1. The summed E-state index contributed by atoms with van der Waals surface area (Å²) in [4.78, 5) is 20.2. The van der Waals surface area contributed by atoms with E-state index in [4.69, 9.17) is 26.8 Å². The van der Waals surface area contributed by atoms with Gasteiger partial charge in [0.2, 0.25) is 5.88 Å². The molecule has 0 atom stereocenters. The number of ether oxygens (including phenoxy) is 2. The van der Waals surface area contributed by atoms with Gasteiger partial charge in [-0.2, -0.15) is 4.98 Å². The number of hydrazine groups is 1. The predicted octanol–water partition coefficient (Wildman–Crippen LogP) is 3.27. The fraction of sp³-hybridized carbons (Fsp3) is 0.0556. The standard InChI is InChI=1S/C18H16ClN5O3/c1-26-11-6-8-12(9-7-11)27-18-15(20)16(21-10-22-18)23-24-17(25)13-4-2-3-5-14(13)19/h2-10H,20H2,1H3,(H,24,25)(H,21,22,23). The van der Waals surface area contributed by atoms with Crippen LogP contribution in [0.5, 0.6) is 17.4 Å². The van der Waals surface area contributed by atoms with Crippen LogP contribution in [-0.4, -0.2) is 23.0 Å². The number of hydrogen-bond acceptors (Lipinski definition) is 7. The second-order valence-corrected chi connectivity index (χ2v) is 5.68. The van der Waals surface area contributed by atoms with Crippen molar-refractivity contribution in [3.05, 3.63) is 65.4 Å². The minimum Gasteiger partial charge on any atom is -0.497 e. The van der Waals surface area contributed by atoms with Crippen molar-refractivity contribution in [3.8, 4) is 17.4 Å². The van der Waals surface area contributed by atoms with E-state index >= 15 is 0 Å². The first-order valence-electron chi connectivity index (χ1n) is 7.81. The second kappa shape index (κ2) is 8.24. The summed E-state index contributed by atoms with van der Waals surface area (Å²) in [7, 11) is 1.58. The Morgan fingerprint density at radius 1 is 1.07 bits per heavy atom. The van der Waals surface area contributed by atoms with E-state index in [9.17, 15) is 4.79 Å². The van der Waals surface area contributed by atoms with E-state index in [1.807, 2.05) is 0 Å². The van der Waals surface area contributed by atoms with Crippen molar-refractivity contribution in [1.29, 1.82) is 0 Å². The fourth-order valence-electron chi connectivity index (χ4n) is 2.14. The van der Waals surface area contributed by atoms with Crippen molar-refractivity contribution in [2.45, 2.75) is 0 Å². The number of halogens is 1. The highest BCUT2D eigenvalue weighted by molar-refractivity contribution is 6.33. The molecule has 4 N–H and O–H groups in total. The summed E-state index contributed by atoms with van der Waals surface area (Å²) in [6.07, 6.45) is 1.26. The van der Waals surface area contributed by atoms with E-state index in [-0.39, 0.29) is 17.4 Å². The van der Waals surface area contributed by atoms with Crippen molar-refractivity contribution < 1.29 is 14.3 Å². The van der Waals surface area contributed by atoms with Gasteiger partial charge in [0.1, 0.15) is 23.5 Å². The molecule has 2 aromatic carbocycles. The zero-order valence-corrected chi connectivity index (χ0v) is 15.0. The van der Waals surface area contributed by atoms with Crippen LogP contribution in [0.4, 0.5) is 11.5 Å². The van der Waals surface area contributed by atoms with Gasteiger partial charge in [-0.05, 0) is 36.4 Å². The number of rotatable bonds is 6. The van der Waals surface area contributed by atoms with Gasteiger partial charge in [0.05, 0.1) is 17.7 Å². The van der Waals surface area contributed by atoms with Crippen molar-refractivity contribution in [2.75, 3.05) is 18.3 Å². The van der Waals surface area contributed by atoms with Gasteiger partial charge < -0.3 is 15.2 Å². The number of benzene rings is 2. The molecule has 0 bridgehead atoms. The molecule has 9 heteroatoms. The van der Waals surface area contributed by atoms with Crippen LogP contribution in [-0.2, 0) is 0 Å². The largest absolute Gasteiger partial charge is 0.497 e. The van der Waals surface area contributed by atoms with Crippen LogP contribution in [0, 0.1) is 0 Å². The maximum atomic E-state index is 12.2. The Hall–Kier alpha value is -3.52. The normalized spacial score (nSPS) is 10.1. The monoisotopic (exact) mass is 385 g/mol. The molecule has 0 spiro atoms. The van der Waals surface area contributed by atoms with Crippen LogP contribution in [0.1, 0.15) is 10.4 Å². The second-order valence-electron chi connectivity index (χ2n) is 5.28. The Balaban J connectivity index is 1.71. The van der Waals surface area contributed by atoms with E-state index in [0.29, 0.717) is 22.1 Å². The summed E-state index contributed by atoms with van der Waals surface area (Å²) < 4.78 is 10.8. The van der Waals surface area contributed by atoms with E-state index < -0.39 is 5.91 Å². The molecule has 1 amide bonds. The zero-order valence-electron chi connectivity index (χ0n) is 14.3. The van der Waals surface area contributed by atoms with Gasteiger partial charge in [0.15, 0.2) is 5.82 Å². The lowest BCUT2D eigenvalue weighted by Gasteiger charge is -2.13.